The summed E-state index contributed by atoms with van der Waals surface area (Å²) in [6, 6.07) is 4.51. The Kier molecular flexibility index (Phi) is 4.15. The number of carboxylic acid groups (broad SMARTS) is 1. The maximum atomic E-state index is 11.3. The van der Waals surface area contributed by atoms with Crippen LogP contribution in [-0.2, 0) is 9.59 Å². The highest BCUT2D eigenvalue weighted by molar-refractivity contribution is 6.36. The predicted octanol–water partition coefficient (Wildman–Crippen LogP) is 2.43. The molecule has 1 aromatic carbocycles. The van der Waals surface area contributed by atoms with E-state index >= 15 is 0 Å². The van der Waals surface area contributed by atoms with Crippen molar-refractivity contribution in [1.82, 2.24) is 0 Å². The molecule has 0 radical (unpaired) electrons. The van der Waals surface area contributed by atoms with Gasteiger partial charge in [0.15, 0.2) is 0 Å². The molecule has 1 rings (SSSR count). The molecule has 0 unspecified atom stereocenters. The molecule has 0 saturated heterocycles. The molecule has 0 bridgehead atoms. The van der Waals surface area contributed by atoms with Crippen LogP contribution in [0.4, 0.5) is 5.69 Å². The number of nitrogens with zero attached hydrogens (tertiary/aromatic N) is 1. The number of aliphatic carboxylic acids is 1. The number of anilines is 1. The third-order valence-corrected chi connectivity index (χ3v) is 2.41. The molecule has 0 aromatic heterocycles. The average molecular weight is 262 g/mol. The number of carboxylic acids is 1. The van der Waals surface area contributed by atoms with Gasteiger partial charge in [0.2, 0.25) is 5.91 Å². The third kappa shape index (κ3) is 3.12. The first-order valence-electron chi connectivity index (χ1n) is 4.36. The molecule has 1 aromatic rings. The number of hydrogen-bond donors (Lipinski definition) is 1. The van der Waals surface area contributed by atoms with Crippen molar-refractivity contribution in [1.29, 1.82) is 0 Å². The minimum atomic E-state index is -1.11. The number of halogens is 2. The van der Waals surface area contributed by atoms with Gasteiger partial charge in [-0.1, -0.05) is 23.2 Å². The van der Waals surface area contributed by atoms with Gasteiger partial charge in [0.1, 0.15) is 6.54 Å². The number of hydrogen-bond acceptors (Lipinski definition) is 2. The van der Waals surface area contributed by atoms with E-state index in [0.717, 1.165) is 4.90 Å². The first-order valence-corrected chi connectivity index (χ1v) is 5.12. The third-order valence-electron chi connectivity index (χ3n) is 1.87. The maximum Gasteiger partial charge on any atom is 0.323 e. The number of carbonyl (C=O) groups excluding carboxylic acids is 1. The number of carbonyl (C=O) groups is 2. The molecule has 0 fully saturated rings. The van der Waals surface area contributed by atoms with Crippen LogP contribution in [0.25, 0.3) is 0 Å². The van der Waals surface area contributed by atoms with Crippen LogP contribution in [0.5, 0.6) is 0 Å². The molecule has 0 aliphatic heterocycles. The summed E-state index contributed by atoms with van der Waals surface area (Å²) in [5.41, 5.74) is 0.334. The molecule has 86 valence electrons. The Balaban J connectivity index is 3.10. The molecule has 0 saturated carbocycles. The highest BCUT2D eigenvalue weighted by atomic mass is 35.5. The second kappa shape index (κ2) is 5.18. The van der Waals surface area contributed by atoms with Gasteiger partial charge in [-0.25, -0.2) is 0 Å². The molecule has 0 aliphatic carbocycles. The lowest BCUT2D eigenvalue weighted by molar-refractivity contribution is -0.136. The average Bonchev–Trinajstić information content (AvgIpc) is 2.14. The van der Waals surface area contributed by atoms with Gasteiger partial charge in [-0.05, 0) is 18.2 Å². The molecule has 0 aliphatic rings. The fraction of sp³-hybridized carbons (Fsp3) is 0.200. The number of rotatable bonds is 3. The number of benzene rings is 1. The quantitative estimate of drug-likeness (QED) is 0.910. The van der Waals surface area contributed by atoms with Gasteiger partial charge in [0.05, 0.1) is 10.7 Å². The monoisotopic (exact) mass is 261 g/mol. The van der Waals surface area contributed by atoms with E-state index in [9.17, 15) is 9.59 Å². The lowest BCUT2D eigenvalue weighted by atomic mass is 10.2. The van der Waals surface area contributed by atoms with Crippen LogP contribution in [-0.4, -0.2) is 23.5 Å². The fourth-order valence-electron chi connectivity index (χ4n) is 1.20. The van der Waals surface area contributed by atoms with Crippen molar-refractivity contribution in [3.8, 4) is 0 Å². The van der Waals surface area contributed by atoms with Crippen LogP contribution in [0.2, 0.25) is 10.0 Å². The van der Waals surface area contributed by atoms with E-state index in [4.69, 9.17) is 28.3 Å². The van der Waals surface area contributed by atoms with Crippen molar-refractivity contribution in [2.45, 2.75) is 6.92 Å². The normalized spacial score (nSPS) is 9.94. The molecular weight excluding hydrogens is 253 g/mol. The molecule has 0 spiro atoms. The van der Waals surface area contributed by atoms with E-state index in [2.05, 4.69) is 0 Å². The van der Waals surface area contributed by atoms with Gasteiger partial charge in [-0.15, -0.1) is 0 Å². The first kappa shape index (κ1) is 12.8. The summed E-state index contributed by atoms with van der Waals surface area (Å²) in [5.74, 6) is -1.51. The predicted molar refractivity (Wildman–Crippen MR) is 62.1 cm³/mol. The van der Waals surface area contributed by atoms with Gasteiger partial charge in [0.25, 0.3) is 0 Å². The maximum absolute atomic E-state index is 11.3. The summed E-state index contributed by atoms with van der Waals surface area (Å²) in [6.07, 6.45) is 0. The largest absolute Gasteiger partial charge is 0.480 e. The summed E-state index contributed by atoms with van der Waals surface area (Å²) in [7, 11) is 0. The fourth-order valence-corrected chi connectivity index (χ4v) is 1.71. The molecule has 1 amide bonds. The van der Waals surface area contributed by atoms with E-state index in [1.807, 2.05) is 0 Å². The Labute approximate surface area is 102 Å². The molecule has 1 N–H and O–H groups in total. The minimum absolute atomic E-state index is 0.240. The summed E-state index contributed by atoms with van der Waals surface area (Å²) in [4.78, 5) is 23.0. The second-order valence-electron chi connectivity index (χ2n) is 3.09. The van der Waals surface area contributed by atoms with E-state index in [1.165, 1.54) is 19.1 Å². The molecule has 4 nitrogen and oxygen atoms in total. The zero-order chi connectivity index (χ0) is 12.3. The van der Waals surface area contributed by atoms with Crippen LogP contribution in [0.3, 0.4) is 0 Å². The molecular formula is C10H9Cl2NO3. The highest BCUT2D eigenvalue weighted by Gasteiger charge is 2.17. The van der Waals surface area contributed by atoms with Gasteiger partial charge in [0, 0.05) is 11.9 Å². The summed E-state index contributed by atoms with van der Waals surface area (Å²) < 4.78 is 0. The van der Waals surface area contributed by atoms with Crippen LogP contribution < -0.4 is 4.90 Å². The second-order valence-corrected chi connectivity index (χ2v) is 3.94. The molecule has 6 heteroatoms. The van der Waals surface area contributed by atoms with E-state index in [-0.39, 0.29) is 5.02 Å². The first-order chi connectivity index (χ1) is 7.41. The Hall–Kier alpha value is -1.26. The SMILES string of the molecule is CC(=O)N(CC(=O)O)c1ccc(Cl)cc1Cl. The van der Waals surface area contributed by atoms with Crippen LogP contribution in [0.1, 0.15) is 6.92 Å². The van der Waals surface area contributed by atoms with Crippen molar-refractivity contribution >= 4 is 40.8 Å². The Morgan fingerprint density at radius 3 is 2.44 bits per heavy atom. The molecule has 0 heterocycles. The zero-order valence-electron chi connectivity index (χ0n) is 8.41. The Bertz CT molecular complexity index is 434. The van der Waals surface area contributed by atoms with Crippen LogP contribution in [0, 0.1) is 0 Å². The summed E-state index contributed by atoms with van der Waals surface area (Å²) >= 11 is 11.6. The zero-order valence-corrected chi connectivity index (χ0v) is 9.92. The van der Waals surface area contributed by atoms with E-state index < -0.39 is 18.4 Å². The van der Waals surface area contributed by atoms with E-state index in [0.29, 0.717) is 10.7 Å². The Morgan fingerprint density at radius 1 is 1.38 bits per heavy atom. The van der Waals surface area contributed by atoms with Crippen molar-refractivity contribution in [3.05, 3.63) is 28.2 Å². The lowest BCUT2D eigenvalue weighted by Crippen LogP contribution is -2.34. The van der Waals surface area contributed by atoms with Gasteiger partial charge < -0.3 is 5.11 Å². The number of amides is 1. The Morgan fingerprint density at radius 2 is 2.00 bits per heavy atom. The standard InChI is InChI=1S/C10H9Cl2NO3/c1-6(14)13(5-10(15)16)9-3-2-7(11)4-8(9)12/h2-4H,5H2,1H3,(H,15,16). The highest BCUT2D eigenvalue weighted by Crippen LogP contribution is 2.28. The molecule has 16 heavy (non-hydrogen) atoms. The van der Waals surface area contributed by atoms with Crippen LogP contribution >= 0.6 is 23.2 Å². The summed E-state index contributed by atoms with van der Waals surface area (Å²) in [6.45, 7) is 0.838. The van der Waals surface area contributed by atoms with E-state index in [1.54, 1.807) is 6.07 Å². The van der Waals surface area contributed by atoms with Crippen molar-refractivity contribution in [2.24, 2.45) is 0 Å². The van der Waals surface area contributed by atoms with Crippen LogP contribution in [0.15, 0.2) is 18.2 Å². The lowest BCUT2D eigenvalue weighted by Gasteiger charge is -2.20. The van der Waals surface area contributed by atoms with Crippen molar-refractivity contribution in [2.75, 3.05) is 11.4 Å². The summed E-state index contributed by atoms with van der Waals surface area (Å²) in [5, 5.41) is 9.34. The van der Waals surface area contributed by atoms with Crippen molar-refractivity contribution in [3.63, 3.8) is 0 Å². The minimum Gasteiger partial charge on any atom is -0.480 e. The topological polar surface area (TPSA) is 57.6 Å². The van der Waals surface area contributed by atoms with Gasteiger partial charge in [-0.2, -0.15) is 0 Å². The van der Waals surface area contributed by atoms with Gasteiger partial charge in [-0.3, -0.25) is 14.5 Å². The molecule has 0 atom stereocenters. The van der Waals surface area contributed by atoms with Gasteiger partial charge >= 0.3 is 5.97 Å². The van der Waals surface area contributed by atoms with Crippen molar-refractivity contribution < 1.29 is 14.7 Å². The smallest absolute Gasteiger partial charge is 0.323 e.